The van der Waals surface area contributed by atoms with Gasteiger partial charge < -0.3 is 4.74 Å². The van der Waals surface area contributed by atoms with Crippen LogP contribution in [0.15, 0.2) is 11.6 Å². The van der Waals surface area contributed by atoms with Crippen molar-refractivity contribution in [2.45, 2.75) is 73.6 Å². The molecule has 2 aliphatic rings. The Hall–Kier alpha value is -0.790. The summed E-state index contributed by atoms with van der Waals surface area (Å²) in [6, 6.07) is 0. The molecule has 0 spiro atoms. The number of ether oxygens (including phenoxy) is 1. The van der Waals surface area contributed by atoms with E-state index in [-0.39, 0.29) is 11.4 Å². The molecule has 2 heteroatoms. The minimum atomic E-state index is -0.420. The van der Waals surface area contributed by atoms with E-state index in [9.17, 15) is 4.79 Å². The summed E-state index contributed by atoms with van der Waals surface area (Å²) in [5.41, 5.74) is 1.45. The second kappa shape index (κ2) is 6.61. The smallest absolute Gasteiger partial charge is 0.311 e. The van der Waals surface area contributed by atoms with Gasteiger partial charge in [-0.3, -0.25) is 4.79 Å². The molecule has 2 rings (SSSR count). The third-order valence-electron chi connectivity index (χ3n) is 7.27. The van der Waals surface area contributed by atoms with E-state index in [2.05, 4.69) is 47.6 Å². The van der Waals surface area contributed by atoms with Gasteiger partial charge in [0.2, 0.25) is 0 Å². The topological polar surface area (TPSA) is 26.3 Å². The first kappa shape index (κ1) is 18.5. The Bertz CT molecular complexity index is 474. The second-order valence-electron chi connectivity index (χ2n) is 8.98. The molecule has 0 saturated heterocycles. The Morgan fingerprint density at radius 2 is 2.04 bits per heavy atom. The average Bonchev–Trinajstić information content (AvgIpc) is 2.53. The molecular weight excluding hydrogens is 284 g/mol. The van der Waals surface area contributed by atoms with Crippen molar-refractivity contribution in [1.29, 1.82) is 0 Å². The van der Waals surface area contributed by atoms with Crippen LogP contribution in [0.2, 0.25) is 0 Å². The molecule has 0 aromatic rings. The van der Waals surface area contributed by atoms with Crippen LogP contribution in [0.25, 0.3) is 0 Å². The van der Waals surface area contributed by atoms with Crippen LogP contribution >= 0.6 is 0 Å². The fourth-order valence-corrected chi connectivity index (χ4v) is 5.46. The van der Waals surface area contributed by atoms with E-state index in [1.807, 2.05) is 0 Å². The third kappa shape index (κ3) is 3.10. The highest BCUT2D eigenvalue weighted by Gasteiger charge is 2.53. The number of rotatable bonds is 4. The van der Waals surface area contributed by atoms with Crippen LogP contribution in [0.4, 0.5) is 0 Å². The SMILES string of the molecule is CC[C@@]1(C)C2CCC(C(C)C)CC2=CC[C@H]1C(C)(C)C(=O)OC. The summed E-state index contributed by atoms with van der Waals surface area (Å²) in [7, 11) is 1.52. The molecule has 1 fully saturated rings. The van der Waals surface area contributed by atoms with Crippen LogP contribution in [-0.2, 0) is 9.53 Å². The van der Waals surface area contributed by atoms with Gasteiger partial charge in [-0.1, -0.05) is 39.3 Å². The predicted molar refractivity (Wildman–Crippen MR) is 96.1 cm³/mol. The van der Waals surface area contributed by atoms with Crippen molar-refractivity contribution in [2.75, 3.05) is 7.11 Å². The molecule has 2 nitrogen and oxygen atoms in total. The third-order valence-corrected chi connectivity index (χ3v) is 7.27. The Morgan fingerprint density at radius 1 is 1.39 bits per heavy atom. The summed E-state index contributed by atoms with van der Waals surface area (Å²) in [5, 5.41) is 0. The van der Waals surface area contributed by atoms with Gasteiger partial charge in [-0.25, -0.2) is 0 Å². The molecule has 0 aromatic carbocycles. The molecule has 0 radical (unpaired) electrons. The van der Waals surface area contributed by atoms with Gasteiger partial charge in [0.25, 0.3) is 0 Å². The van der Waals surface area contributed by atoms with Gasteiger partial charge in [-0.2, -0.15) is 0 Å². The first-order valence-corrected chi connectivity index (χ1v) is 9.45. The van der Waals surface area contributed by atoms with Crippen molar-refractivity contribution in [3.8, 4) is 0 Å². The first-order valence-electron chi connectivity index (χ1n) is 9.45. The molecule has 2 unspecified atom stereocenters. The van der Waals surface area contributed by atoms with Crippen molar-refractivity contribution >= 4 is 5.97 Å². The summed E-state index contributed by atoms with van der Waals surface area (Å²) in [6.45, 7) is 13.6. The van der Waals surface area contributed by atoms with Gasteiger partial charge in [0, 0.05) is 0 Å². The van der Waals surface area contributed by atoms with E-state index in [4.69, 9.17) is 4.74 Å². The minimum absolute atomic E-state index is 0.0603. The number of hydrogen-bond acceptors (Lipinski definition) is 2. The van der Waals surface area contributed by atoms with Gasteiger partial charge in [-0.05, 0) is 75.0 Å². The van der Waals surface area contributed by atoms with E-state index < -0.39 is 5.41 Å². The van der Waals surface area contributed by atoms with Crippen molar-refractivity contribution in [2.24, 2.45) is 34.5 Å². The Labute approximate surface area is 143 Å². The lowest BCUT2D eigenvalue weighted by atomic mass is 9.50. The van der Waals surface area contributed by atoms with Crippen LogP contribution in [0.3, 0.4) is 0 Å². The van der Waals surface area contributed by atoms with E-state index in [1.54, 1.807) is 5.57 Å². The number of methoxy groups -OCH3 is 1. The molecule has 0 bridgehead atoms. The number of fused-ring (bicyclic) bond motifs is 1. The van der Waals surface area contributed by atoms with E-state index in [0.717, 1.165) is 24.7 Å². The molecule has 0 N–H and O–H groups in total. The Kier molecular flexibility index (Phi) is 5.33. The van der Waals surface area contributed by atoms with E-state index in [0.29, 0.717) is 11.8 Å². The maximum Gasteiger partial charge on any atom is 0.311 e. The number of carbonyl (C=O) groups excluding carboxylic acids is 1. The molecule has 0 amide bonds. The molecule has 4 atom stereocenters. The number of hydrogen-bond donors (Lipinski definition) is 0. The maximum absolute atomic E-state index is 12.4. The summed E-state index contributed by atoms with van der Waals surface area (Å²) in [6.07, 6.45) is 8.51. The van der Waals surface area contributed by atoms with Gasteiger partial charge in [0.1, 0.15) is 0 Å². The highest BCUT2D eigenvalue weighted by Crippen LogP contribution is 2.58. The maximum atomic E-state index is 12.4. The number of esters is 1. The fraction of sp³-hybridized carbons (Fsp3) is 0.857. The zero-order valence-electron chi connectivity index (χ0n) is 16.2. The fourth-order valence-electron chi connectivity index (χ4n) is 5.46. The normalized spacial score (nSPS) is 34.8. The number of allylic oxidation sites excluding steroid dienone is 2. The average molecular weight is 321 g/mol. The van der Waals surface area contributed by atoms with Gasteiger partial charge in [0.05, 0.1) is 12.5 Å². The zero-order chi connectivity index (χ0) is 17.4. The van der Waals surface area contributed by atoms with Crippen LogP contribution in [-0.4, -0.2) is 13.1 Å². The lowest BCUT2D eigenvalue weighted by Gasteiger charge is -2.54. The Morgan fingerprint density at radius 3 is 2.57 bits per heavy atom. The summed E-state index contributed by atoms with van der Waals surface area (Å²) >= 11 is 0. The molecule has 132 valence electrons. The number of carbonyl (C=O) groups is 1. The predicted octanol–water partition coefficient (Wildman–Crippen LogP) is 5.62. The molecule has 1 saturated carbocycles. The van der Waals surface area contributed by atoms with E-state index >= 15 is 0 Å². The van der Waals surface area contributed by atoms with Crippen LogP contribution < -0.4 is 0 Å². The summed E-state index contributed by atoms with van der Waals surface area (Å²) < 4.78 is 5.13. The lowest BCUT2D eigenvalue weighted by molar-refractivity contribution is -0.159. The van der Waals surface area contributed by atoms with Crippen LogP contribution in [0, 0.1) is 34.5 Å². The molecule has 0 heterocycles. The monoisotopic (exact) mass is 320 g/mol. The molecule has 23 heavy (non-hydrogen) atoms. The van der Waals surface area contributed by atoms with Crippen molar-refractivity contribution < 1.29 is 9.53 Å². The Balaban J connectivity index is 2.34. The van der Waals surface area contributed by atoms with Crippen molar-refractivity contribution in [3.05, 3.63) is 11.6 Å². The van der Waals surface area contributed by atoms with Crippen molar-refractivity contribution in [1.82, 2.24) is 0 Å². The van der Waals surface area contributed by atoms with Gasteiger partial charge in [-0.15, -0.1) is 0 Å². The highest BCUT2D eigenvalue weighted by atomic mass is 16.5. The molecule has 2 aliphatic carbocycles. The molecule has 0 aromatic heterocycles. The van der Waals surface area contributed by atoms with Crippen LogP contribution in [0.5, 0.6) is 0 Å². The first-order chi connectivity index (χ1) is 10.7. The molecule has 0 aliphatic heterocycles. The summed E-state index contributed by atoms with van der Waals surface area (Å²) in [5.74, 6) is 2.55. The van der Waals surface area contributed by atoms with Gasteiger partial charge in [0.15, 0.2) is 0 Å². The molecular formula is C21H36O2. The van der Waals surface area contributed by atoms with Crippen molar-refractivity contribution in [3.63, 3.8) is 0 Å². The lowest BCUT2D eigenvalue weighted by Crippen LogP contribution is -2.49. The minimum Gasteiger partial charge on any atom is -0.469 e. The summed E-state index contributed by atoms with van der Waals surface area (Å²) in [4.78, 5) is 12.4. The largest absolute Gasteiger partial charge is 0.469 e. The highest BCUT2D eigenvalue weighted by molar-refractivity contribution is 5.76. The van der Waals surface area contributed by atoms with E-state index in [1.165, 1.54) is 26.4 Å². The standard InChI is InChI=1S/C21H36O2/c1-8-21(6)17-11-9-15(14(2)3)13-16(17)10-12-18(21)20(4,5)19(22)23-7/h10,14-15,17-18H,8-9,11-13H2,1-7H3/t15?,17?,18-,21-/m0/s1. The quantitative estimate of drug-likeness (QED) is 0.496. The van der Waals surface area contributed by atoms with Crippen LogP contribution in [0.1, 0.15) is 73.6 Å². The zero-order valence-corrected chi connectivity index (χ0v) is 16.2. The second-order valence-corrected chi connectivity index (χ2v) is 8.98. The van der Waals surface area contributed by atoms with Gasteiger partial charge >= 0.3 is 5.97 Å².